The Morgan fingerprint density at radius 2 is 1.91 bits per heavy atom. The summed E-state index contributed by atoms with van der Waals surface area (Å²) in [6.45, 7) is 3.71. The minimum Gasteiger partial charge on any atom is -0.507 e. The van der Waals surface area contributed by atoms with E-state index in [1.807, 2.05) is 0 Å². The van der Waals surface area contributed by atoms with E-state index in [4.69, 9.17) is 20.9 Å². The SMILES string of the molecule is CCOc1cc(C2C(=C(O)c3ccc(Cl)cc3)C(=O)C(=O)N2c2cc(C)on2)ccc1O. The van der Waals surface area contributed by atoms with Gasteiger partial charge in [0.15, 0.2) is 17.3 Å². The Kier molecular flexibility index (Phi) is 5.63. The molecule has 0 radical (unpaired) electrons. The van der Waals surface area contributed by atoms with Gasteiger partial charge < -0.3 is 19.5 Å². The molecule has 1 aliphatic rings. The number of carbonyl (C=O) groups is 2. The van der Waals surface area contributed by atoms with Crippen LogP contribution in [0.25, 0.3) is 5.76 Å². The number of halogens is 1. The van der Waals surface area contributed by atoms with Crippen molar-refractivity contribution in [2.75, 3.05) is 11.5 Å². The monoisotopic (exact) mass is 454 g/mol. The maximum absolute atomic E-state index is 13.1. The summed E-state index contributed by atoms with van der Waals surface area (Å²) in [7, 11) is 0. The zero-order chi connectivity index (χ0) is 23.0. The van der Waals surface area contributed by atoms with Crippen LogP contribution in [0.2, 0.25) is 5.02 Å². The number of amides is 1. The van der Waals surface area contributed by atoms with Crippen LogP contribution >= 0.6 is 11.6 Å². The first-order valence-corrected chi connectivity index (χ1v) is 10.2. The number of benzene rings is 2. The lowest BCUT2D eigenvalue weighted by molar-refractivity contribution is -0.132. The third-order valence-electron chi connectivity index (χ3n) is 5.02. The summed E-state index contributed by atoms with van der Waals surface area (Å²) in [5, 5.41) is 25.5. The molecular weight excluding hydrogens is 436 g/mol. The second-order valence-corrected chi connectivity index (χ2v) is 7.57. The lowest BCUT2D eigenvalue weighted by atomic mass is 9.95. The predicted molar refractivity (Wildman–Crippen MR) is 117 cm³/mol. The summed E-state index contributed by atoms with van der Waals surface area (Å²) >= 11 is 5.94. The molecule has 2 aromatic carbocycles. The molecule has 1 saturated heterocycles. The molecule has 1 aliphatic heterocycles. The van der Waals surface area contributed by atoms with Crippen LogP contribution in [0.5, 0.6) is 11.5 Å². The van der Waals surface area contributed by atoms with Gasteiger partial charge in [-0.1, -0.05) is 22.8 Å². The highest BCUT2D eigenvalue weighted by Gasteiger charge is 2.48. The first-order chi connectivity index (χ1) is 15.3. The molecule has 1 aromatic heterocycles. The molecule has 164 valence electrons. The molecule has 0 spiro atoms. The summed E-state index contributed by atoms with van der Waals surface area (Å²) in [4.78, 5) is 27.2. The Bertz CT molecular complexity index is 1230. The molecule has 3 aromatic rings. The number of aliphatic hydroxyl groups is 1. The van der Waals surface area contributed by atoms with Crippen LogP contribution in [0.4, 0.5) is 5.82 Å². The molecule has 0 aliphatic carbocycles. The number of Topliss-reactive ketones (excluding diaryl/α,β-unsaturated/α-hetero) is 1. The molecule has 1 amide bonds. The number of phenols is 1. The molecule has 0 saturated carbocycles. The van der Waals surface area contributed by atoms with Crippen LogP contribution in [0.15, 0.2) is 58.6 Å². The molecule has 9 heteroatoms. The van der Waals surface area contributed by atoms with Gasteiger partial charge in [-0.25, -0.2) is 0 Å². The highest BCUT2D eigenvalue weighted by molar-refractivity contribution is 6.51. The Labute approximate surface area is 188 Å². The van der Waals surface area contributed by atoms with Crippen molar-refractivity contribution < 1.29 is 29.1 Å². The van der Waals surface area contributed by atoms with Crippen LogP contribution < -0.4 is 9.64 Å². The first-order valence-electron chi connectivity index (χ1n) is 9.77. The fourth-order valence-electron chi connectivity index (χ4n) is 3.59. The number of rotatable bonds is 5. The van der Waals surface area contributed by atoms with E-state index in [1.54, 1.807) is 44.2 Å². The van der Waals surface area contributed by atoms with Crippen molar-refractivity contribution in [1.82, 2.24) is 5.16 Å². The van der Waals surface area contributed by atoms with Crippen molar-refractivity contribution >= 4 is 34.9 Å². The quantitative estimate of drug-likeness (QED) is 0.334. The summed E-state index contributed by atoms with van der Waals surface area (Å²) in [5.74, 6) is -1.46. The minimum atomic E-state index is -1.03. The summed E-state index contributed by atoms with van der Waals surface area (Å²) in [6, 6.07) is 11.2. The Morgan fingerprint density at radius 1 is 1.19 bits per heavy atom. The van der Waals surface area contributed by atoms with Crippen molar-refractivity contribution in [3.05, 3.63) is 76.0 Å². The van der Waals surface area contributed by atoms with Crippen molar-refractivity contribution in [1.29, 1.82) is 0 Å². The van der Waals surface area contributed by atoms with Gasteiger partial charge in [0.05, 0.1) is 18.2 Å². The van der Waals surface area contributed by atoms with Gasteiger partial charge in [0.25, 0.3) is 5.78 Å². The maximum Gasteiger partial charge on any atom is 0.301 e. The molecule has 8 nitrogen and oxygen atoms in total. The van der Waals surface area contributed by atoms with Gasteiger partial charge in [-0.05, 0) is 55.8 Å². The van der Waals surface area contributed by atoms with Crippen LogP contribution in [-0.4, -0.2) is 33.7 Å². The second-order valence-electron chi connectivity index (χ2n) is 7.13. The lowest BCUT2D eigenvalue weighted by Gasteiger charge is -2.23. The minimum absolute atomic E-state index is 0.0949. The summed E-state index contributed by atoms with van der Waals surface area (Å²) < 4.78 is 10.6. The fourth-order valence-corrected chi connectivity index (χ4v) is 3.71. The van der Waals surface area contributed by atoms with Gasteiger partial charge in [0.1, 0.15) is 11.5 Å². The van der Waals surface area contributed by atoms with E-state index in [9.17, 15) is 19.8 Å². The highest BCUT2D eigenvalue weighted by Crippen LogP contribution is 2.43. The van der Waals surface area contributed by atoms with Crippen molar-refractivity contribution in [2.45, 2.75) is 19.9 Å². The number of anilines is 1. The molecule has 2 N–H and O–H groups in total. The predicted octanol–water partition coefficient (Wildman–Crippen LogP) is 4.37. The number of aromatic nitrogens is 1. The third-order valence-corrected chi connectivity index (χ3v) is 5.28. The number of aromatic hydroxyl groups is 1. The number of aliphatic hydroxyl groups excluding tert-OH is 1. The number of ether oxygens (including phenoxy) is 1. The molecule has 1 unspecified atom stereocenters. The second kappa shape index (κ2) is 8.39. The average molecular weight is 455 g/mol. The van der Waals surface area contributed by atoms with Gasteiger partial charge in [-0.2, -0.15) is 0 Å². The van der Waals surface area contributed by atoms with Gasteiger partial charge in [0.2, 0.25) is 0 Å². The maximum atomic E-state index is 13.1. The number of aryl methyl sites for hydroxylation is 1. The number of hydrogen-bond acceptors (Lipinski definition) is 7. The van der Waals surface area contributed by atoms with Crippen LogP contribution in [-0.2, 0) is 9.59 Å². The zero-order valence-corrected chi connectivity index (χ0v) is 18.0. The van der Waals surface area contributed by atoms with Crippen molar-refractivity contribution in [3.8, 4) is 11.5 Å². The van der Waals surface area contributed by atoms with E-state index in [0.717, 1.165) is 4.90 Å². The van der Waals surface area contributed by atoms with Crippen LogP contribution in [0.3, 0.4) is 0 Å². The lowest BCUT2D eigenvalue weighted by Crippen LogP contribution is -2.29. The third kappa shape index (κ3) is 3.69. The van der Waals surface area contributed by atoms with E-state index < -0.39 is 17.7 Å². The highest BCUT2D eigenvalue weighted by atomic mass is 35.5. The molecule has 4 rings (SSSR count). The average Bonchev–Trinajstić information content (AvgIpc) is 3.31. The summed E-state index contributed by atoms with van der Waals surface area (Å²) in [6.07, 6.45) is 0. The van der Waals surface area contributed by atoms with E-state index in [2.05, 4.69) is 5.16 Å². The molecule has 2 heterocycles. The molecule has 32 heavy (non-hydrogen) atoms. The standard InChI is InChI=1S/C23H19ClN2O6/c1-3-31-17-11-14(6-9-16(17)27)20-19(21(28)13-4-7-15(24)8-5-13)22(29)23(30)26(20)18-10-12(2)32-25-18/h4-11,20,27-28H,3H2,1-2H3. The molecule has 0 bridgehead atoms. The summed E-state index contributed by atoms with van der Waals surface area (Å²) in [5.41, 5.74) is 0.616. The van der Waals surface area contributed by atoms with Gasteiger partial charge in [-0.3, -0.25) is 14.5 Å². The van der Waals surface area contributed by atoms with Crippen molar-refractivity contribution in [2.24, 2.45) is 0 Å². The number of hydrogen-bond donors (Lipinski definition) is 2. The molecule has 1 fully saturated rings. The fraction of sp³-hybridized carbons (Fsp3) is 0.174. The van der Waals surface area contributed by atoms with Crippen LogP contribution in [0.1, 0.15) is 29.9 Å². The zero-order valence-electron chi connectivity index (χ0n) is 17.2. The Balaban J connectivity index is 1.94. The van der Waals surface area contributed by atoms with E-state index >= 15 is 0 Å². The van der Waals surface area contributed by atoms with E-state index in [0.29, 0.717) is 28.5 Å². The number of ketones is 1. The molecule has 1 atom stereocenters. The van der Waals surface area contributed by atoms with Gasteiger partial charge >= 0.3 is 5.91 Å². The first kappa shape index (κ1) is 21.5. The number of carbonyl (C=O) groups excluding carboxylic acids is 2. The van der Waals surface area contributed by atoms with E-state index in [1.165, 1.54) is 18.2 Å². The largest absolute Gasteiger partial charge is 0.507 e. The van der Waals surface area contributed by atoms with Gasteiger partial charge in [-0.15, -0.1) is 0 Å². The van der Waals surface area contributed by atoms with Crippen LogP contribution in [0, 0.1) is 6.92 Å². The number of nitrogens with zero attached hydrogens (tertiary/aromatic N) is 2. The normalized spacial score (nSPS) is 17.7. The van der Waals surface area contributed by atoms with Crippen molar-refractivity contribution in [3.63, 3.8) is 0 Å². The van der Waals surface area contributed by atoms with Gasteiger partial charge in [0, 0.05) is 16.7 Å². The topological polar surface area (TPSA) is 113 Å². The Morgan fingerprint density at radius 3 is 2.53 bits per heavy atom. The van der Waals surface area contributed by atoms with E-state index in [-0.39, 0.29) is 28.6 Å². The Hall–Kier alpha value is -3.78. The number of phenolic OH excluding ortho intramolecular Hbond substituents is 1. The smallest absolute Gasteiger partial charge is 0.301 e. The molecular formula is C23H19ClN2O6.